The molecule has 0 saturated heterocycles. The quantitative estimate of drug-likeness (QED) is 0.210. The van der Waals surface area contributed by atoms with Crippen molar-refractivity contribution < 1.29 is 22.7 Å². The van der Waals surface area contributed by atoms with E-state index in [1.165, 1.54) is 17.0 Å². The summed E-state index contributed by atoms with van der Waals surface area (Å²) in [5.41, 5.74) is 3.01. The highest BCUT2D eigenvalue weighted by Gasteiger charge is 2.34. The molecule has 0 fully saturated rings. The van der Waals surface area contributed by atoms with Crippen LogP contribution in [0.5, 0.6) is 5.75 Å². The number of rotatable bonds is 14. The van der Waals surface area contributed by atoms with E-state index >= 15 is 0 Å². The van der Waals surface area contributed by atoms with Gasteiger partial charge in [0.15, 0.2) is 0 Å². The number of hydrogen-bond acceptors (Lipinski definition) is 5. The number of likely N-dealkylation sites (N-methyl/N-ethyl adjacent to an activating group) is 1. The Labute approximate surface area is 260 Å². The average molecular weight is 614 g/mol. The van der Waals surface area contributed by atoms with Crippen molar-refractivity contribution in [3.63, 3.8) is 0 Å². The molecular weight excluding hydrogens is 574 g/mol. The van der Waals surface area contributed by atoms with Crippen molar-refractivity contribution in [1.29, 1.82) is 0 Å². The summed E-state index contributed by atoms with van der Waals surface area (Å²) in [5, 5.41) is 2.87. The molecule has 4 aromatic carbocycles. The third kappa shape index (κ3) is 8.05. The number of benzene rings is 4. The normalized spacial score (nSPS) is 11.8. The third-order valence-corrected chi connectivity index (χ3v) is 9.14. The summed E-state index contributed by atoms with van der Waals surface area (Å²) < 4.78 is 34.6. The first-order valence-corrected chi connectivity index (χ1v) is 16.1. The van der Waals surface area contributed by atoms with Gasteiger partial charge < -0.3 is 15.0 Å². The number of carbonyl (C=O) groups is 2. The van der Waals surface area contributed by atoms with Crippen LogP contribution < -0.4 is 14.4 Å². The van der Waals surface area contributed by atoms with Crippen molar-refractivity contribution in [2.45, 2.75) is 44.2 Å². The fourth-order valence-corrected chi connectivity index (χ4v) is 6.40. The molecule has 9 heteroatoms. The summed E-state index contributed by atoms with van der Waals surface area (Å²) in [7, 11) is -2.57. The van der Waals surface area contributed by atoms with Crippen LogP contribution in [0.2, 0.25) is 0 Å². The molecule has 1 N–H and O–H groups in total. The van der Waals surface area contributed by atoms with Crippen LogP contribution in [0.1, 0.15) is 30.5 Å². The molecule has 0 spiro atoms. The van der Waals surface area contributed by atoms with Crippen LogP contribution >= 0.6 is 0 Å². The third-order valence-electron chi connectivity index (χ3n) is 7.35. The van der Waals surface area contributed by atoms with Crippen LogP contribution in [0.4, 0.5) is 5.69 Å². The lowest BCUT2D eigenvalue weighted by Gasteiger charge is -2.34. The van der Waals surface area contributed by atoms with Crippen LogP contribution in [0.3, 0.4) is 0 Å². The van der Waals surface area contributed by atoms with Gasteiger partial charge in [0.05, 0.1) is 17.7 Å². The van der Waals surface area contributed by atoms with E-state index in [0.717, 1.165) is 27.4 Å². The molecule has 8 nitrogen and oxygen atoms in total. The van der Waals surface area contributed by atoms with Gasteiger partial charge in [-0.1, -0.05) is 79.7 Å². The van der Waals surface area contributed by atoms with E-state index in [9.17, 15) is 18.0 Å². The summed E-state index contributed by atoms with van der Waals surface area (Å²) in [6, 6.07) is 31.0. The Morgan fingerprint density at radius 2 is 1.43 bits per heavy atom. The average Bonchev–Trinajstić information content (AvgIpc) is 3.06. The summed E-state index contributed by atoms with van der Waals surface area (Å²) in [6.07, 6.45) is 1.03. The minimum atomic E-state index is -4.14. The molecule has 0 unspecified atom stereocenters. The second-order valence-corrected chi connectivity index (χ2v) is 12.2. The maximum atomic E-state index is 14.4. The Bertz CT molecular complexity index is 1630. The van der Waals surface area contributed by atoms with Gasteiger partial charge in [0.1, 0.15) is 18.3 Å². The van der Waals surface area contributed by atoms with Gasteiger partial charge in [-0.3, -0.25) is 13.9 Å². The number of methoxy groups -OCH3 is 1. The monoisotopic (exact) mass is 613 g/mol. The number of aryl methyl sites for hydroxylation is 1. The molecule has 0 aliphatic rings. The van der Waals surface area contributed by atoms with Gasteiger partial charge in [-0.25, -0.2) is 8.42 Å². The Balaban J connectivity index is 1.79. The molecule has 0 saturated carbocycles. The molecule has 230 valence electrons. The molecule has 0 bridgehead atoms. The first-order chi connectivity index (χ1) is 21.3. The zero-order valence-electron chi connectivity index (χ0n) is 25.3. The van der Waals surface area contributed by atoms with E-state index < -0.39 is 28.5 Å². The highest BCUT2D eigenvalue weighted by Crippen LogP contribution is 2.26. The summed E-state index contributed by atoms with van der Waals surface area (Å²) in [4.78, 5) is 29.6. The predicted molar refractivity (Wildman–Crippen MR) is 173 cm³/mol. The maximum Gasteiger partial charge on any atom is 0.264 e. The SMILES string of the molecule is CCNC(=O)[C@H](Cc1ccccc1)N(Cc1cccc(OC)c1)C(=O)CN(c1ccc(CC)cc1)S(=O)(=O)c1ccccc1. The molecular formula is C35H39N3O5S. The number of ether oxygens (including phenoxy) is 1. The lowest BCUT2D eigenvalue weighted by atomic mass is 10.0. The Hall–Kier alpha value is -4.63. The van der Waals surface area contributed by atoms with Gasteiger partial charge in [-0.2, -0.15) is 0 Å². The van der Waals surface area contributed by atoms with Gasteiger partial charge >= 0.3 is 0 Å². The fourth-order valence-electron chi connectivity index (χ4n) is 4.96. The van der Waals surface area contributed by atoms with E-state index in [0.29, 0.717) is 18.0 Å². The molecule has 44 heavy (non-hydrogen) atoms. The summed E-state index contributed by atoms with van der Waals surface area (Å²) in [6.45, 7) is 3.78. The van der Waals surface area contributed by atoms with E-state index in [1.54, 1.807) is 49.6 Å². The summed E-state index contributed by atoms with van der Waals surface area (Å²) >= 11 is 0. The van der Waals surface area contributed by atoms with Crippen molar-refractivity contribution in [3.8, 4) is 5.75 Å². The first kappa shape index (κ1) is 32.3. The first-order valence-electron chi connectivity index (χ1n) is 14.7. The van der Waals surface area contributed by atoms with Crippen LogP contribution in [0.15, 0.2) is 114 Å². The van der Waals surface area contributed by atoms with Crippen LogP contribution in [-0.2, 0) is 39.0 Å². The molecule has 0 radical (unpaired) electrons. The molecule has 0 aliphatic heterocycles. The van der Waals surface area contributed by atoms with Crippen LogP contribution in [0, 0.1) is 0 Å². The second kappa shape index (κ2) is 15.2. The number of hydrogen-bond donors (Lipinski definition) is 1. The molecule has 4 aromatic rings. The minimum Gasteiger partial charge on any atom is -0.497 e. The van der Waals surface area contributed by atoms with Gasteiger partial charge in [0.25, 0.3) is 10.0 Å². The summed E-state index contributed by atoms with van der Waals surface area (Å²) in [5.74, 6) is -0.228. The van der Waals surface area contributed by atoms with Gasteiger partial charge in [0.2, 0.25) is 11.8 Å². The number of amides is 2. The zero-order valence-corrected chi connectivity index (χ0v) is 26.2. The highest BCUT2D eigenvalue weighted by molar-refractivity contribution is 7.92. The lowest BCUT2D eigenvalue weighted by Crippen LogP contribution is -2.53. The molecule has 1 atom stereocenters. The Morgan fingerprint density at radius 3 is 2.05 bits per heavy atom. The Morgan fingerprint density at radius 1 is 0.795 bits per heavy atom. The number of nitrogens with one attached hydrogen (secondary N) is 1. The highest BCUT2D eigenvalue weighted by atomic mass is 32.2. The van der Waals surface area contributed by atoms with Gasteiger partial charge in [0, 0.05) is 19.5 Å². The number of nitrogens with zero attached hydrogens (tertiary/aromatic N) is 2. The number of sulfonamides is 1. The smallest absolute Gasteiger partial charge is 0.264 e. The van der Waals surface area contributed by atoms with E-state index in [4.69, 9.17) is 4.74 Å². The fraction of sp³-hybridized carbons (Fsp3) is 0.257. The molecule has 2 amide bonds. The molecule has 0 heterocycles. The molecule has 4 rings (SSSR count). The van der Waals surface area contributed by atoms with E-state index in [-0.39, 0.29) is 23.8 Å². The molecule has 0 aromatic heterocycles. The minimum absolute atomic E-state index is 0.0660. The van der Waals surface area contributed by atoms with Crippen molar-refractivity contribution in [2.24, 2.45) is 0 Å². The van der Waals surface area contributed by atoms with Crippen molar-refractivity contribution in [2.75, 3.05) is 24.5 Å². The standard InChI is InChI=1S/C35H39N3O5S/c1-4-27-19-21-30(22-20-27)38(44(41,42)32-17-10-7-11-18-32)26-34(39)37(25-29-15-12-16-31(23-29)43-3)33(35(40)36-5-2)24-28-13-8-6-9-14-28/h6-23,33H,4-5,24-26H2,1-3H3,(H,36,40)/t33-/m0/s1. The van der Waals surface area contributed by atoms with Crippen LogP contribution in [0.25, 0.3) is 0 Å². The molecule has 0 aliphatic carbocycles. The van der Waals surface area contributed by atoms with Crippen molar-refractivity contribution in [3.05, 3.63) is 126 Å². The van der Waals surface area contributed by atoms with E-state index in [2.05, 4.69) is 5.32 Å². The topological polar surface area (TPSA) is 96.0 Å². The van der Waals surface area contributed by atoms with Crippen LogP contribution in [-0.4, -0.2) is 51.4 Å². The number of carbonyl (C=O) groups excluding carboxylic acids is 2. The van der Waals surface area contributed by atoms with Crippen molar-refractivity contribution in [1.82, 2.24) is 10.2 Å². The Kier molecular flexibility index (Phi) is 11.2. The lowest BCUT2D eigenvalue weighted by molar-refractivity contribution is -0.140. The largest absolute Gasteiger partial charge is 0.497 e. The predicted octanol–water partition coefficient (Wildman–Crippen LogP) is 5.23. The van der Waals surface area contributed by atoms with Gasteiger partial charge in [-0.05, 0) is 66.4 Å². The van der Waals surface area contributed by atoms with Crippen molar-refractivity contribution >= 4 is 27.5 Å². The zero-order chi connectivity index (χ0) is 31.5. The second-order valence-electron chi connectivity index (χ2n) is 10.3. The number of anilines is 1. The maximum absolute atomic E-state index is 14.4. The van der Waals surface area contributed by atoms with E-state index in [1.807, 2.05) is 68.4 Å². The van der Waals surface area contributed by atoms with Gasteiger partial charge in [-0.15, -0.1) is 0 Å².